The van der Waals surface area contributed by atoms with Gasteiger partial charge in [-0.2, -0.15) is 9.97 Å². The zero-order valence-electron chi connectivity index (χ0n) is 35.6. The molecule has 0 unspecified atom stereocenters. The third-order valence-electron chi connectivity index (χ3n) is 12.2. The van der Waals surface area contributed by atoms with Crippen LogP contribution < -0.4 is 0 Å². The van der Waals surface area contributed by atoms with Gasteiger partial charge in [0.1, 0.15) is 0 Å². The highest BCUT2D eigenvalue weighted by Crippen LogP contribution is 2.42. The molecule has 5 heterocycles. The number of para-hydroxylation sites is 2. The fraction of sp³-hybridized carbons (Fsp3) is 0. The molecule has 0 saturated carbocycles. The zero-order chi connectivity index (χ0) is 44.3. The van der Waals surface area contributed by atoms with Crippen LogP contribution in [0.1, 0.15) is 0 Å². The van der Waals surface area contributed by atoms with E-state index in [1.807, 2.05) is 146 Å². The molecule has 314 valence electrons. The molecular formula is C57H35N9O. The van der Waals surface area contributed by atoms with Crippen LogP contribution in [-0.4, -0.2) is 44.3 Å². The Kier molecular flexibility index (Phi) is 8.92. The Morgan fingerprint density at radius 1 is 0.313 bits per heavy atom. The molecule has 0 fully saturated rings. The van der Waals surface area contributed by atoms with Gasteiger partial charge in [-0.3, -0.25) is 9.13 Å². The first-order valence-corrected chi connectivity index (χ1v) is 22.0. The largest absolute Gasteiger partial charge is 0.416 e. The van der Waals surface area contributed by atoms with Crippen molar-refractivity contribution >= 4 is 43.6 Å². The summed E-state index contributed by atoms with van der Waals surface area (Å²) in [6.45, 7) is 0. The third kappa shape index (κ3) is 6.46. The van der Waals surface area contributed by atoms with Crippen LogP contribution in [0.3, 0.4) is 0 Å². The lowest BCUT2D eigenvalue weighted by Crippen LogP contribution is -2.06. The Labute approximate surface area is 383 Å². The molecule has 8 aromatic carbocycles. The van der Waals surface area contributed by atoms with Crippen LogP contribution in [0.25, 0.3) is 124 Å². The van der Waals surface area contributed by atoms with Crippen LogP contribution in [0, 0.1) is 0 Å². The highest BCUT2D eigenvalue weighted by atomic mass is 16.4. The van der Waals surface area contributed by atoms with E-state index < -0.39 is 0 Å². The molecule has 5 aromatic heterocycles. The molecule has 0 bridgehead atoms. The van der Waals surface area contributed by atoms with Gasteiger partial charge in [0.2, 0.25) is 23.7 Å². The van der Waals surface area contributed by atoms with Crippen molar-refractivity contribution in [3.63, 3.8) is 0 Å². The predicted octanol–water partition coefficient (Wildman–Crippen LogP) is 13.2. The van der Waals surface area contributed by atoms with Gasteiger partial charge in [0.25, 0.3) is 0 Å². The maximum absolute atomic E-state index is 6.79. The standard InChI is InChI=1S/C57H35N9O/c1-5-19-36(20-6-1)44-35-45(37-21-7-2-8-22-37)59-56(58-44)65-46-31-15-13-27-40(46)50-42(29-17-33-48(50)65)54-63-64-55(67-54)43-30-18-34-49-51(43)41-28-14-16-32-47(41)66(49)57-61-52(38-23-9-3-10-24-38)60-53(62-57)39-25-11-4-12-26-39/h1-35H. The molecule has 13 rings (SSSR count). The topological polar surface area (TPSA) is 113 Å². The number of benzene rings is 8. The van der Waals surface area contributed by atoms with E-state index in [4.69, 9.17) is 39.5 Å². The normalized spacial score (nSPS) is 11.6. The summed E-state index contributed by atoms with van der Waals surface area (Å²) in [6.07, 6.45) is 0. The molecule has 13 aromatic rings. The minimum Gasteiger partial charge on any atom is -0.416 e. The van der Waals surface area contributed by atoms with Crippen molar-refractivity contribution < 1.29 is 4.42 Å². The maximum Gasteiger partial charge on any atom is 0.248 e. The number of fused-ring (bicyclic) bond motifs is 6. The first-order chi connectivity index (χ1) is 33.2. The fourth-order valence-electron chi connectivity index (χ4n) is 9.21. The minimum atomic E-state index is 0.390. The molecule has 0 N–H and O–H groups in total. The van der Waals surface area contributed by atoms with Gasteiger partial charge in [-0.15, -0.1) is 10.2 Å². The number of hydrogen-bond acceptors (Lipinski definition) is 8. The summed E-state index contributed by atoms with van der Waals surface area (Å²) in [4.78, 5) is 25.6. The van der Waals surface area contributed by atoms with E-state index in [0.717, 1.165) is 88.4 Å². The van der Waals surface area contributed by atoms with E-state index in [-0.39, 0.29) is 0 Å². The fourth-order valence-corrected chi connectivity index (χ4v) is 9.21. The third-order valence-corrected chi connectivity index (χ3v) is 12.2. The van der Waals surface area contributed by atoms with Gasteiger partial charge in [-0.1, -0.05) is 170 Å². The Bertz CT molecular complexity index is 3600. The second kappa shape index (κ2) is 15.7. The van der Waals surface area contributed by atoms with Crippen LogP contribution in [0.5, 0.6) is 0 Å². The van der Waals surface area contributed by atoms with E-state index in [0.29, 0.717) is 35.3 Å². The molecule has 0 radical (unpaired) electrons. The molecule has 0 saturated heterocycles. The molecule has 0 aliphatic carbocycles. The van der Waals surface area contributed by atoms with Crippen molar-refractivity contribution in [2.75, 3.05) is 0 Å². The van der Waals surface area contributed by atoms with Gasteiger partial charge in [0, 0.05) is 54.9 Å². The van der Waals surface area contributed by atoms with E-state index in [9.17, 15) is 0 Å². The molecule has 0 amide bonds. The quantitative estimate of drug-likeness (QED) is 0.148. The summed E-state index contributed by atoms with van der Waals surface area (Å²) < 4.78 is 11.0. The monoisotopic (exact) mass is 861 g/mol. The Hall–Kier alpha value is -9.41. The highest BCUT2D eigenvalue weighted by Gasteiger charge is 2.25. The molecule has 10 nitrogen and oxygen atoms in total. The summed E-state index contributed by atoms with van der Waals surface area (Å²) in [5, 5.41) is 13.4. The van der Waals surface area contributed by atoms with Gasteiger partial charge in [-0.05, 0) is 42.5 Å². The van der Waals surface area contributed by atoms with Crippen LogP contribution in [-0.2, 0) is 0 Å². The highest BCUT2D eigenvalue weighted by molar-refractivity contribution is 6.16. The second-order valence-electron chi connectivity index (χ2n) is 16.2. The first kappa shape index (κ1) is 38.1. The second-order valence-corrected chi connectivity index (χ2v) is 16.2. The summed E-state index contributed by atoms with van der Waals surface area (Å²) in [5.74, 6) is 3.00. The summed E-state index contributed by atoms with van der Waals surface area (Å²) in [6, 6.07) is 71.4. The Balaban J connectivity index is 0.977. The SMILES string of the molecule is c1ccc(-c2cc(-c3ccccc3)nc(-n3c4ccccc4c4c(-c5nnc(-c6cccc7c6c6ccccc6n7-c6nc(-c7ccccc7)nc(-c7ccccc7)n6)o5)cccc43)n2)cc1. The van der Waals surface area contributed by atoms with Crippen LogP contribution >= 0.6 is 0 Å². The summed E-state index contributed by atoms with van der Waals surface area (Å²) in [7, 11) is 0. The van der Waals surface area contributed by atoms with E-state index >= 15 is 0 Å². The smallest absolute Gasteiger partial charge is 0.248 e. The lowest BCUT2D eigenvalue weighted by molar-refractivity contribution is 0.586. The van der Waals surface area contributed by atoms with Gasteiger partial charge < -0.3 is 4.42 Å². The predicted molar refractivity (Wildman–Crippen MR) is 265 cm³/mol. The molecule has 67 heavy (non-hydrogen) atoms. The van der Waals surface area contributed by atoms with Crippen molar-refractivity contribution in [1.29, 1.82) is 0 Å². The molecule has 0 aliphatic heterocycles. The van der Waals surface area contributed by atoms with Crippen molar-refractivity contribution in [2.45, 2.75) is 0 Å². The van der Waals surface area contributed by atoms with Crippen molar-refractivity contribution in [3.05, 3.63) is 212 Å². The number of nitrogens with zero attached hydrogens (tertiary/aromatic N) is 9. The molecule has 0 atom stereocenters. The first-order valence-electron chi connectivity index (χ1n) is 22.0. The average molecular weight is 862 g/mol. The summed E-state index contributed by atoms with van der Waals surface area (Å²) in [5.41, 5.74) is 10.7. The minimum absolute atomic E-state index is 0.390. The number of hydrogen-bond donors (Lipinski definition) is 0. The molecule has 0 aliphatic rings. The van der Waals surface area contributed by atoms with Crippen LogP contribution in [0.2, 0.25) is 0 Å². The van der Waals surface area contributed by atoms with Crippen LogP contribution in [0.15, 0.2) is 217 Å². The number of rotatable bonds is 8. The van der Waals surface area contributed by atoms with Gasteiger partial charge in [-0.25, -0.2) is 15.0 Å². The van der Waals surface area contributed by atoms with Crippen LogP contribution in [0.4, 0.5) is 0 Å². The Morgan fingerprint density at radius 3 is 1.13 bits per heavy atom. The average Bonchev–Trinajstić information content (AvgIpc) is 4.13. The number of aromatic nitrogens is 9. The van der Waals surface area contributed by atoms with Crippen molar-refractivity contribution in [2.24, 2.45) is 0 Å². The van der Waals surface area contributed by atoms with Gasteiger partial charge in [0.15, 0.2) is 11.6 Å². The Morgan fingerprint density at radius 2 is 0.687 bits per heavy atom. The lowest BCUT2D eigenvalue weighted by atomic mass is 10.1. The summed E-state index contributed by atoms with van der Waals surface area (Å²) >= 11 is 0. The van der Waals surface area contributed by atoms with E-state index in [1.54, 1.807) is 0 Å². The lowest BCUT2D eigenvalue weighted by Gasteiger charge is -2.11. The van der Waals surface area contributed by atoms with Gasteiger partial charge in [0.05, 0.1) is 33.5 Å². The molecular weight excluding hydrogens is 827 g/mol. The molecule has 0 spiro atoms. The van der Waals surface area contributed by atoms with E-state index in [2.05, 4.69) is 75.9 Å². The maximum atomic E-state index is 6.79. The van der Waals surface area contributed by atoms with Crippen molar-refractivity contribution in [3.8, 4) is 80.1 Å². The zero-order valence-corrected chi connectivity index (χ0v) is 35.6. The van der Waals surface area contributed by atoms with Gasteiger partial charge >= 0.3 is 0 Å². The molecule has 10 heteroatoms. The van der Waals surface area contributed by atoms with E-state index in [1.165, 1.54) is 0 Å². The van der Waals surface area contributed by atoms with Crippen molar-refractivity contribution in [1.82, 2.24) is 44.3 Å².